The van der Waals surface area contributed by atoms with Crippen molar-refractivity contribution in [3.63, 3.8) is 0 Å². The molecule has 158 valence electrons. The minimum Gasteiger partial charge on any atom is -0.489 e. The summed E-state index contributed by atoms with van der Waals surface area (Å²) in [5.41, 5.74) is 5.08. The van der Waals surface area contributed by atoms with Gasteiger partial charge in [0, 0.05) is 18.2 Å². The van der Waals surface area contributed by atoms with Crippen LogP contribution in [0.25, 0.3) is 10.8 Å². The van der Waals surface area contributed by atoms with Crippen molar-refractivity contribution in [2.24, 2.45) is 0 Å². The lowest BCUT2D eigenvalue weighted by atomic mass is 10.0. The Morgan fingerprint density at radius 1 is 0.806 bits per heavy atom. The first-order valence-corrected chi connectivity index (χ1v) is 11.2. The SMILES string of the molecule is Cc1cccc(COc2ccc3ccccc3c2CN[C@H](C)CCc2ccccc2)c1. The molecule has 0 bridgehead atoms. The Morgan fingerprint density at radius 2 is 1.58 bits per heavy atom. The van der Waals surface area contributed by atoms with Gasteiger partial charge < -0.3 is 10.1 Å². The zero-order valence-electron chi connectivity index (χ0n) is 18.5. The smallest absolute Gasteiger partial charge is 0.124 e. The number of nitrogens with one attached hydrogen (secondary N) is 1. The molecule has 0 amide bonds. The Kier molecular flexibility index (Phi) is 7.01. The molecule has 0 radical (unpaired) electrons. The molecule has 0 unspecified atom stereocenters. The molecule has 0 aromatic heterocycles. The predicted molar refractivity (Wildman–Crippen MR) is 131 cm³/mol. The molecule has 4 rings (SSSR count). The van der Waals surface area contributed by atoms with Gasteiger partial charge in [0.15, 0.2) is 0 Å². The number of hydrogen-bond donors (Lipinski definition) is 1. The van der Waals surface area contributed by atoms with E-state index in [0.717, 1.165) is 25.1 Å². The van der Waals surface area contributed by atoms with Gasteiger partial charge in [0.25, 0.3) is 0 Å². The lowest BCUT2D eigenvalue weighted by molar-refractivity contribution is 0.302. The Balaban J connectivity index is 1.47. The molecule has 0 aliphatic rings. The normalized spacial score (nSPS) is 12.1. The van der Waals surface area contributed by atoms with E-state index in [4.69, 9.17) is 4.74 Å². The Hall–Kier alpha value is -3.10. The van der Waals surface area contributed by atoms with Crippen LogP contribution >= 0.6 is 0 Å². The highest BCUT2D eigenvalue weighted by Gasteiger charge is 2.11. The first-order chi connectivity index (χ1) is 15.2. The van der Waals surface area contributed by atoms with Crippen LogP contribution in [0.15, 0.2) is 91.0 Å². The van der Waals surface area contributed by atoms with Crippen molar-refractivity contribution in [2.75, 3.05) is 0 Å². The molecule has 2 heteroatoms. The molecular formula is C29H31NO. The summed E-state index contributed by atoms with van der Waals surface area (Å²) in [6.45, 7) is 5.75. The molecule has 0 saturated heterocycles. The fourth-order valence-electron chi connectivity index (χ4n) is 4.00. The van der Waals surface area contributed by atoms with Gasteiger partial charge in [-0.15, -0.1) is 0 Å². The van der Waals surface area contributed by atoms with Crippen molar-refractivity contribution >= 4 is 10.8 Å². The minimum atomic E-state index is 0.420. The standard InChI is InChI=1S/C29H31NO/c1-22-9-8-12-25(19-22)21-31-29-18-17-26-13-6-7-14-27(26)28(29)20-30-23(2)15-16-24-10-4-3-5-11-24/h3-14,17-19,23,30H,15-16,20-21H2,1-2H3/t23-/m1/s1. The van der Waals surface area contributed by atoms with Gasteiger partial charge in [0.2, 0.25) is 0 Å². The average molecular weight is 410 g/mol. The largest absolute Gasteiger partial charge is 0.489 e. The monoisotopic (exact) mass is 409 g/mol. The van der Waals surface area contributed by atoms with E-state index >= 15 is 0 Å². The maximum Gasteiger partial charge on any atom is 0.124 e. The summed E-state index contributed by atoms with van der Waals surface area (Å²) >= 11 is 0. The summed E-state index contributed by atoms with van der Waals surface area (Å²) in [5.74, 6) is 0.961. The summed E-state index contributed by atoms with van der Waals surface area (Å²) < 4.78 is 6.31. The fraction of sp³-hybridized carbons (Fsp3) is 0.241. The summed E-state index contributed by atoms with van der Waals surface area (Å²) in [4.78, 5) is 0. The lowest BCUT2D eigenvalue weighted by Gasteiger charge is -2.18. The van der Waals surface area contributed by atoms with Crippen LogP contribution in [0.5, 0.6) is 5.75 Å². The van der Waals surface area contributed by atoms with E-state index in [1.54, 1.807) is 0 Å². The van der Waals surface area contributed by atoms with Crippen molar-refractivity contribution in [3.05, 3.63) is 113 Å². The van der Waals surface area contributed by atoms with Gasteiger partial charge in [-0.05, 0) is 54.7 Å². The van der Waals surface area contributed by atoms with Gasteiger partial charge in [0.05, 0.1) is 0 Å². The van der Waals surface area contributed by atoms with Gasteiger partial charge in [-0.3, -0.25) is 0 Å². The van der Waals surface area contributed by atoms with Gasteiger partial charge in [-0.25, -0.2) is 0 Å². The molecule has 0 saturated carbocycles. The van der Waals surface area contributed by atoms with Crippen molar-refractivity contribution < 1.29 is 4.74 Å². The molecule has 1 atom stereocenters. The van der Waals surface area contributed by atoms with Crippen LogP contribution in [-0.2, 0) is 19.6 Å². The van der Waals surface area contributed by atoms with Crippen LogP contribution < -0.4 is 10.1 Å². The van der Waals surface area contributed by atoms with E-state index in [1.165, 1.54) is 33.0 Å². The molecule has 0 aliphatic carbocycles. The van der Waals surface area contributed by atoms with Crippen LogP contribution in [0.1, 0.15) is 35.6 Å². The zero-order chi connectivity index (χ0) is 21.5. The molecule has 0 heterocycles. The third-order valence-corrected chi connectivity index (χ3v) is 5.81. The Morgan fingerprint density at radius 3 is 2.42 bits per heavy atom. The highest BCUT2D eigenvalue weighted by molar-refractivity contribution is 5.87. The van der Waals surface area contributed by atoms with E-state index < -0.39 is 0 Å². The quantitative estimate of drug-likeness (QED) is 0.327. The second-order valence-electron chi connectivity index (χ2n) is 8.35. The number of benzene rings is 4. The number of ether oxygens (including phenoxy) is 1. The summed E-state index contributed by atoms with van der Waals surface area (Å²) in [7, 11) is 0. The summed E-state index contributed by atoms with van der Waals surface area (Å²) in [6, 6.07) is 32.5. The van der Waals surface area contributed by atoms with Gasteiger partial charge in [0.1, 0.15) is 12.4 Å². The van der Waals surface area contributed by atoms with Crippen LogP contribution in [-0.4, -0.2) is 6.04 Å². The Labute approximate surface area is 185 Å². The number of rotatable bonds is 9. The minimum absolute atomic E-state index is 0.420. The second kappa shape index (κ2) is 10.3. The second-order valence-corrected chi connectivity index (χ2v) is 8.35. The van der Waals surface area contributed by atoms with Crippen molar-refractivity contribution in [2.45, 2.75) is 45.9 Å². The highest BCUT2D eigenvalue weighted by Crippen LogP contribution is 2.29. The number of hydrogen-bond acceptors (Lipinski definition) is 2. The lowest BCUT2D eigenvalue weighted by Crippen LogP contribution is -2.26. The topological polar surface area (TPSA) is 21.3 Å². The summed E-state index contributed by atoms with van der Waals surface area (Å²) in [5, 5.41) is 6.23. The van der Waals surface area contributed by atoms with Gasteiger partial charge >= 0.3 is 0 Å². The van der Waals surface area contributed by atoms with Crippen molar-refractivity contribution in [1.82, 2.24) is 5.32 Å². The number of fused-ring (bicyclic) bond motifs is 1. The molecule has 0 fully saturated rings. The molecule has 31 heavy (non-hydrogen) atoms. The first-order valence-electron chi connectivity index (χ1n) is 11.2. The van der Waals surface area contributed by atoms with E-state index in [-0.39, 0.29) is 0 Å². The molecular weight excluding hydrogens is 378 g/mol. The van der Waals surface area contributed by atoms with Crippen LogP contribution in [0.3, 0.4) is 0 Å². The molecule has 0 spiro atoms. The van der Waals surface area contributed by atoms with Crippen molar-refractivity contribution in [3.8, 4) is 5.75 Å². The number of aryl methyl sites for hydroxylation is 2. The zero-order valence-corrected chi connectivity index (χ0v) is 18.5. The third kappa shape index (κ3) is 5.74. The van der Waals surface area contributed by atoms with E-state index in [9.17, 15) is 0 Å². The van der Waals surface area contributed by atoms with Crippen LogP contribution in [0.4, 0.5) is 0 Å². The van der Waals surface area contributed by atoms with Crippen LogP contribution in [0.2, 0.25) is 0 Å². The predicted octanol–water partition coefficient (Wildman–Crippen LogP) is 6.84. The van der Waals surface area contributed by atoms with Gasteiger partial charge in [-0.2, -0.15) is 0 Å². The van der Waals surface area contributed by atoms with E-state index in [0.29, 0.717) is 12.6 Å². The fourth-order valence-corrected chi connectivity index (χ4v) is 4.00. The average Bonchev–Trinajstić information content (AvgIpc) is 2.81. The van der Waals surface area contributed by atoms with Crippen LogP contribution in [0, 0.1) is 6.92 Å². The van der Waals surface area contributed by atoms with Crippen molar-refractivity contribution in [1.29, 1.82) is 0 Å². The van der Waals surface area contributed by atoms with Gasteiger partial charge in [-0.1, -0.05) is 90.5 Å². The van der Waals surface area contributed by atoms with E-state index in [1.807, 2.05) is 0 Å². The molecule has 4 aromatic rings. The maximum absolute atomic E-state index is 6.31. The first kappa shape index (κ1) is 21.1. The summed E-state index contributed by atoms with van der Waals surface area (Å²) in [6.07, 6.45) is 2.19. The molecule has 1 N–H and O–H groups in total. The third-order valence-electron chi connectivity index (χ3n) is 5.81. The highest BCUT2D eigenvalue weighted by atomic mass is 16.5. The van der Waals surface area contributed by atoms with E-state index in [2.05, 4.69) is 110 Å². The molecule has 0 aliphatic heterocycles. The maximum atomic E-state index is 6.31. The molecule has 4 aromatic carbocycles. The molecule has 2 nitrogen and oxygen atoms in total. The Bertz CT molecular complexity index is 1120.